The summed E-state index contributed by atoms with van der Waals surface area (Å²) in [4.78, 5) is 26.0. The molecule has 1 aliphatic heterocycles. The third-order valence-corrected chi connectivity index (χ3v) is 4.84. The Hall–Kier alpha value is -1.06. The molecule has 94 valence electrons. The van der Waals surface area contributed by atoms with Gasteiger partial charge in [0.15, 0.2) is 0 Å². The van der Waals surface area contributed by atoms with Crippen LogP contribution in [-0.2, 0) is 9.59 Å². The van der Waals surface area contributed by atoms with Crippen LogP contribution in [0.2, 0.25) is 0 Å². The quantitative estimate of drug-likeness (QED) is 0.735. The molecule has 5 unspecified atom stereocenters. The molecular weight excluding hydrogens is 216 g/mol. The normalized spacial score (nSPS) is 45.3. The Bertz CT molecular complexity index is 368. The van der Waals surface area contributed by atoms with Crippen molar-refractivity contribution in [2.24, 2.45) is 11.8 Å². The van der Waals surface area contributed by atoms with Crippen LogP contribution < -0.4 is 5.32 Å². The lowest BCUT2D eigenvalue weighted by atomic mass is 9.91. The Balaban J connectivity index is 1.84. The van der Waals surface area contributed by atoms with Crippen molar-refractivity contribution in [3.63, 3.8) is 0 Å². The van der Waals surface area contributed by atoms with E-state index in [2.05, 4.69) is 5.32 Å². The number of nitrogens with one attached hydrogen (secondary N) is 1. The summed E-state index contributed by atoms with van der Waals surface area (Å²) in [5.74, 6) is 1.55. The van der Waals surface area contributed by atoms with Crippen LogP contribution in [-0.4, -0.2) is 34.8 Å². The summed E-state index contributed by atoms with van der Waals surface area (Å²) in [6.45, 7) is 3.64. The fourth-order valence-corrected chi connectivity index (χ4v) is 3.94. The summed E-state index contributed by atoms with van der Waals surface area (Å²) < 4.78 is 0. The number of carbonyl (C=O) groups excluding carboxylic acids is 2. The number of nitrogens with zero attached hydrogens (tertiary/aromatic N) is 1. The second-order valence-corrected chi connectivity index (χ2v) is 5.89. The van der Waals surface area contributed by atoms with Crippen molar-refractivity contribution in [2.75, 3.05) is 0 Å². The van der Waals surface area contributed by atoms with Crippen molar-refractivity contribution >= 4 is 11.8 Å². The predicted molar refractivity (Wildman–Crippen MR) is 63.1 cm³/mol. The van der Waals surface area contributed by atoms with E-state index < -0.39 is 0 Å². The van der Waals surface area contributed by atoms with E-state index in [0.29, 0.717) is 12.0 Å². The number of hydrogen-bond acceptors (Lipinski definition) is 2. The molecule has 17 heavy (non-hydrogen) atoms. The zero-order valence-corrected chi connectivity index (χ0v) is 10.5. The Morgan fingerprint density at radius 2 is 1.94 bits per heavy atom. The molecule has 0 aromatic heterocycles. The SMILES string of the molecule is CC1NC(=O)C(C)N(C2CC3CCC2C3)C1=O. The van der Waals surface area contributed by atoms with Gasteiger partial charge < -0.3 is 10.2 Å². The highest BCUT2D eigenvalue weighted by molar-refractivity contribution is 5.96. The second-order valence-electron chi connectivity index (χ2n) is 5.89. The van der Waals surface area contributed by atoms with Gasteiger partial charge in [0.1, 0.15) is 12.1 Å². The summed E-state index contributed by atoms with van der Waals surface area (Å²) >= 11 is 0. The first-order valence-electron chi connectivity index (χ1n) is 6.70. The molecule has 1 heterocycles. The van der Waals surface area contributed by atoms with Crippen LogP contribution in [0.15, 0.2) is 0 Å². The topological polar surface area (TPSA) is 49.4 Å². The number of fused-ring (bicyclic) bond motifs is 2. The molecule has 0 spiro atoms. The van der Waals surface area contributed by atoms with Crippen LogP contribution in [0.1, 0.15) is 39.5 Å². The zero-order valence-electron chi connectivity index (χ0n) is 10.5. The number of rotatable bonds is 1. The maximum atomic E-state index is 12.3. The average molecular weight is 236 g/mol. The van der Waals surface area contributed by atoms with E-state index in [1.807, 2.05) is 11.8 Å². The average Bonchev–Trinajstić information content (AvgIpc) is 2.89. The molecule has 3 aliphatic rings. The molecule has 1 N–H and O–H groups in total. The Morgan fingerprint density at radius 1 is 1.18 bits per heavy atom. The van der Waals surface area contributed by atoms with E-state index in [-0.39, 0.29) is 23.9 Å². The molecule has 4 heteroatoms. The summed E-state index contributed by atoms with van der Waals surface area (Å²) in [6.07, 6.45) is 4.93. The summed E-state index contributed by atoms with van der Waals surface area (Å²) in [6, 6.07) is -0.314. The molecule has 0 aromatic carbocycles. The number of amides is 2. The van der Waals surface area contributed by atoms with Gasteiger partial charge in [0.05, 0.1) is 0 Å². The Labute approximate surface area is 102 Å². The molecule has 2 saturated carbocycles. The van der Waals surface area contributed by atoms with Crippen LogP contribution in [0.25, 0.3) is 0 Å². The van der Waals surface area contributed by atoms with E-state index in [1.165, 1.54) is 19.3 Å². The smallest absolute Gasteiger partial charge is 0.245 e. The standard InChI is InChI=1S/C13H20N2O2/c1-7-13(17)15(8(2)12(16)14-7)11-6-9-3-4-10(11)5-9/h7-11H,3-6H2,1-2H3,(H,14,16). The molecule has 4 nitrogen and oxygen atoms in total. The van der Waals surface area contributed by atoms with Gasteiger partial charge in [-0.2, -0.15) is 0 Å². The maximum absolute atomic E-state index is 12.3. The van der Waals surface area contributed by atoms with Gasteiger partial charge >= 0.3 is 0 Å². The maximum Gasteiger partial charge on any atom is 0.245 e. The van der Waals surface area contributed by atoms with Gasteiger partial charge in [-0.3, -0.25) is 9.59 Å². The van der Waals surface area contributed by atoms with Crippen molar-refractivity contribution in [1.29, 1.82) is 0 Å². The molecule has 3 fully saturated rings. The van der Waals surface area contributed by atoms with Crippen molar-refractivity contribution in [1.82, 2.24) is 10.2 Å². The molecule has 2 amide bonds. The Morgan fingerprint density at radius 3 is 2.53 bits per heavy atom. The summed E-state index contributed by atoms with van der Waals surface area (Å²) in [5.41, 5.74) is 0. The van der Waals surface area contributed by atoms with Crippen LogP contribution in [0.4, 0.5) is 0 Å². The van der Waals surface area contributed by atoms with E-state index in [0.717, 1.165) is 12.3 Å². The fourth-order valence-electron chi connectivity index (χ4n) is 3.94. The molecular formula is C13H20N2O2. The van der Waals surface area contributed by atoms with E-state index in [9.17, 15) is 9.59 Å². The first kappa shape index (κ1) is 11.1. The predicted octanol–water partition coefficient (Wildman–Crippen LogP) is 0.910. The third kappa shape index (κ3) is 1.57. The highest BCUT2D eigenvalue weighted by Crippen LogP contribution is 2.47. The van der Waals surface area contributed by atoms with Gasteiger partial charge in [-0.15, -0.1) is 0 Å². The van der Waals surface area contributed by atoms with E-state index >= 15 is 0 Å². The van der Waals surface area contributed by atoms with Crippen LogP contribution >= 0.6 is 0 Å². The molecule has 0 radical (unpaired) electrons. The second kappa shape index (κ2) is 3.72. The Kier molecular flexibility index (Phi) is 2.42. The molecule has 2 bridgehead atoms. The number of piperazine rings is 1. The summed E-state index contributed by atoms with van der Waals surface area (Å²) in [5, 5.41) is 2.75. The van der Waals surface area contributed by atoms with Gasteiger partial charge in [-0.25, -0.2) is 0 Å². The molecule has 1 saturated heterocycles. The lowest BCUT2D eigenvalue weighted by molar-refractivity contribution is -0.152. The van der Waals surface area contributed by atoms with Crippen molar-refractivity contribution < 1.29 is 9.59 Å². The van der Waals surface area contributed by atoms with Gasteiger partial charge in [0.2, 0.25) is 11.8 Å². The minimum atomic E-state index is -0.349. The van der Waals surface area contributed by atoms with Crippen LogP contribution in [0, 0.1) is 11.8 Å². The number of carbonyl (C=O) groups is 2. The van der Waals surface area contributed by atoms with Crippen molar-refractivity contribution in [2.45, 2.75) is 57.7 Å². The third-order valence-electron chi connectivity index (χ3n) is 4.84. The van der Waals surface area contributed by atoms with Crippen LogP contribution in [0.5, 0.6) is 0 Å². The minimum absolute atomic E-state index is 0.000117. The lowest BCUT2D eigenvalue weighted by Crippen LogP contribution is -2.64. The lowest BCUT2D eigenvalue weighted by Gasteiger charge is -2.43. The number of hydrogen-bond donors (Lipinski definition) is 1. The van der Waals surface area contributed by atoms with Crippen LogP contribution in [0.3, 0.4) is 0 Å². The highest BCUT2D eigenvalue weighted by atomic mass is 16.2. The fraction of sp³-hybridized carbons (Fsp3) is 0.846. The molecule has 3 rings (SSSR count). The van der Waals surface area contributed by atoms with Gasteiger partial charge in [0.25, 0.3) is 0 Å². The minimum Gasteiger partial charge on any atom is -0.343 e. The summed E-state index contributed by atoms with van der Waals surface area (Å²) in [7, 11) is 0. The monoisotopic (exact) mass is 236 g/mol. The van der Waals surface area contributed by atoms with E-state index in [1.54, 1.807) is 6.92 Å². The first-order valence-corrected chi connectivity index (χ1v) is 6.70. The van der Waals surface area contributed by atoms with Gasteiger partial charge in [-0.05, 0) is 44.9 Å². The van der Waals surface area contributed by atoms with Crippen molar-refractivity contribution in [3.8, 4) is 0 Å². The first-order chi connectivity index (χ1) is 8.08. The van der Waals surface area contributed by atoms with Gasteiger partial charge in [-0.1, -0.05) is 6.42 Å². The largest absolute Gasteiger partial charge is 0.343 e. The zero-order chi connectivity index (χ0) is 12.2. The van der Waals surface area contributed by atoms with Crippen molar-refractivity contribution in [3.05, 3.63) is 0 Å². The molecule has 5 atom stereocenters. The van der Waals surface area contributed by atoms with Gasteiger partial charge in [0, 0.05) is 6.04 Å². The highest BCUT2D eigenvalue weighted by Gasteiger charge is 2.48. The molecule has 2 aliphatic carbocycles. The molecule has 0 aromatic rings. The van der Waals surface area contributed by atoms with E-state index in [4.69, 9.17) is 0 Å².